The Hall–Kier alpha value is -1.72. The molecule has 3 aromatic rings. The van der Waals surface area contributed by atoms with Crippen LogP contribution in [0.1, 0.15) is 16.4 Å². The van der Waals surface area contributed by atoms with E-state index in [1.165, 1.54) is 20.9 Å². The van der Waals surface area contributed by atoms with E-state index >= 15 is 0 Å². The van der Waals surface area contributed by atoms with Gasteiger partial charge in [-0.25, -0.2) is 0 Å². The van der Waals surface area contributed by atoms with Gasteiger partial charge in [-0.1, -0.05) is 72.8 Å². The van der Waals surface area contributed by atoms with Crippen molar-refractivity contribution in [2.45, 2.75) is 27.7 Å². The fourth-order valence-corrected chi connectivity index (χ4v) is 5.86. The van der Waals surface area contributed by atoms with Crippen molar-refractivity contribution in [2.75, 3.05) is 26.0 Å². The molecular weight excluding hydrogens is 394 g/mol. The molecule has 3 aromatic carbocycles. The first-order valence-corrected chi connectivity index (χ1v) is 12.2. The lowest BCUT2D eigenvalue weighted by molar-refractivity contribution is -0.0319. The van der Waals surface area contributed by atoms with E-state index in [2.05, 4.69) is 96.1 Å². The van der Waals surface area contributed by atoms with Crippen molar-refractivity contribution in [1.82, 2.24) is 4.90 Å². The number of thioether (sulfide) groups is 2. The Kier molecular flexibility index (Phi) is 7.33. The molecule has 0 bridgehead atoms. The quantitative estimate of drug-likeness (QED) is 0.424. The highest BCUT2D eigenvalue weighted by Gasteiger charge is 2.30. The molecule has 0 radical (unpaired) electrons. The maximum absolute atomic E-state index is 6.34. The van der Waals surface area contributed by atoms with Crippen LogP contribution < -0.4 is 0 Å². The van der Waals surface area contributed by atoms with Gasteiger partial charge in [-0.3, -0.25) is 4.90 Å². The Bertz CT molecular complexity index is 888. The molecule has 0 N–H and O–H groups in total. The second-order valence-corrected chi connectivity index (χ2v) is 9.26. The summed E-state index contributed by atoms with van der Waals surface area (Å²) in [5.74, 6) is 0. The number of rotatable bonds is 7. The minimum Gasteiger partial charge on any atom is -0.374 e. The summed E-state index contributed by atoms with van der Waals surface area (Å²) in [6.07, 6.45) is 2.31. The van der Waals surface area contributed by atoms with Gasteiger partial charge >= 0.3 is 0 Å². The van der Waals surface area contributed by atoms with Gasteiger partial charge in [0.1, 0.15) is 0 Å². The summed E-state index contributed by atoms with van der Waals surface area (Å²) in [6.45, 7) is 3.70. The predicted molar refractivity (Wildman–Crippen MR) is 125 cm³/mol. The lowest BCUT2D eigenvalue weighted by Crippen LogP contribution is -2.44. The molecule has 29 heavy (non-hydrogen) atoms. The SMILES string of the molecule is CSc1ccccc1SC(c1ccccc1)[C@@H]1CN(Cc2ccccc2)CCO1. The van der Waals surface area contributed by atoms with Gasteiger partial charge in [-0.05, 0) is 29.5 Å². The van der Waals surface area contributed by atoms with Crippen LogP contribution >= 0.6 is 23.5 Å². The molecule has 4 rings (SSSR count). The Morgan fingerprint density at radius 1 is 0.897 bits per heavy atom. The maximum Gasteiger partial charge on any atom is 0.0865 e. The summed E-state index contributed by atoms with van der Waals surface area (Å²) < 4.78 is 6.34. The first kappa shape index (κ1) is 20.5. The van der Waals surface area contributed by atoms with Crippen LogP contribution in [0.2, 0.25) is 0 Å². The minimum atomic E-state index is 0.162. The van der Waals surface area contributed by atoms with Crippen molar-refractivity contribution < 1.29 is 4.74 Å². The van der Waals surface area contributed by atoms with Crippen LogP contribution in [0.3, 0.4) is 0 Å². The van der Waals surface area contributed by atoms with Crippen molar-refractivity contribution in [3.8, 4) is 0 Å². The highest BCUT2D eigenvalue weighted by Crippen LogP contribution is 2.43. The van der Waals surface area contributed by atoms with E-state index in [1.54, 1.807) is 0 Å². The summed E-state index contributed by atoms with van der Waals surface area (Å²) in [6, 6.07) is 30.3. The molecule has 150 valence electrons. The van der Waals surface area contributed by atoms with E-state index in [4.69, 9.17) is 4.74 Å². The van der Waals surface area contributed by atoms with Gasteiger partial charge < -0.3 is 4.74 Å². The third-order valence-electron chi connectivity index (χ3n) is 5.22. The second kappa shape index (κ2) is 10.4. The van der Waals surface area contributed by atoms with Crippen molar-refractivity contribution in [3.63, 3.8) is 0 Å². The second-order valence-electron chi connectivity index (χ2n) is 7.23. The van der Waals surface area contributed by atoms with Crippen LogP contribution in [-0.4, -0.2) is 37.0 Å². The number of hydrogen-bond donors (Lipinski definition) is 0. The average molecular weight is 422 g/mol. The van der Waals surface area contributed by atoms with Crippen molar-refractivity contribution in [1.29, 1.82) is 0 Å². The number of nitrogens with zero attached hydrogens (tertiary/aromatic N) is 1. The zero-order valence-corrected chi connectivity index (χ0v) is 18.4. The molecule has 1 unspecified atom stereocenters. The topological polar surface area (TPSA) is 12.5 Å². The maximum atomic E-state index is 6.34. The van der Waals surface area contributed by atoms with Crippen LogP contribution in [0.5, 0.6) is 0 Å². The van der Waals surface area contributed by atoms with Crippen molar-refractivity contribution in [2.24, 2.45) is 0 Å². The van der Waals surface area contributed by atoms with E-state index in [9.17, 15) is 0 Å². The molecule has 1 aliphatic heterocycles. The van der Waals surface area contributed by atoms with Crippen molar-refractivity contribution in [3.05, 3.63) is 96.1 Å². The van der Waals surface area contributed by atoms with Gasteiger partial charge in [0, 0.05) is 29.4 Å². The van der Waals surface area contributed by atoms with Gasteiger partial charge in [0.05, 0.1) is 18.0 Å². The lowest BCUT2D eigenvalue weighted by atomic mass is 10.1. The van der Waals surface area contributed by atoms with Crippen LogP contribution in [-0.2, 0) is 11.3 Å². The van der Waals surface area contributed by atoms with Crippen LogP contribution in [0.15, 0.2) is 94.7 Å². The molecule has 0 aliphatic carbocycles. The smallest absolute Gasteiger partial charge is 0.0865 e. The third-order valence-corrected chi connectivity index (χ3v) is 7.58. The van der Waals surface area contributed by atoms with Gasteiger partial charge in [0.15, 0.2) is 0 Å². The lowest BCUT2D eigenvalue weighted by Gasteiger charge is -2.37. The molecule has 1 heterocycles. The summed E-state index contributed by atoms with van der Waals surface area (Å²) in [5.41, 5.74) is 2.70. The Morgan fingerprint density at radius 2 is 1.55 bits per heavy atom. The van der Waals surface area contributed by atoms with E-state index in [0.29, 0.717) is 0 Å². The standard InChI is InChI=1S/C25H27NOS2/c1-28-23-14-8-9-15-24(23)29-25(21-12-6-3-7-13-21)22-19-26(16-17-27-22)18-20-10-4-2-5-11-20/h2-15,22,25H,16-19H2,1H3/t22-,25?/m0/s1. The van der Waals surface area contributed by atoms with Crippen LogP contribution in [0, 0.1) is 0 Å². The summed E-state index contributed by atoms with van der Waals surface area (Å²) in [7, 11) is 0. The number of benzene rings is 3. The molecule has 0 spiro atoms. The van der Waals surface area contributed by atoms with Gasteiger partial charge in [0.25, 0.3) is 0 Å². The molecule has 1 aliphatic rings. The third kappa shape index (κ3) is 5.46. The zero-order valence-electron chi connectivity index (χ0n) is 16.7. The molecule has 0 aromatic heterocycles. The van der Waals surface area contributed by atoms with Gasteiger partial charge in [-0.2, -0.15) is 0 Å². The molecule has 2 nitrogen and oxygen atoms in total. The zero-order chi connectivity index (χ0) is 19.9. The Balaban J connectivity index is 1.55. The molecule has 0 saturated carbocycles. The van der Waals surface area contributed by atoms with Crippen LogP contribution in [0.4, 0.5) is 0 Å². The summed E-state index contributed by atoms with van der Waals surface area (Å²) in [5, 5.41) is 0.267. The molecular formula is C25H27NOS2. The van der Waals surface area contributed by atoms with Crippen molar-refractivity contribution >= 4 is 23.5 Å². The van der Waals surface area contributed by atoms with Crippen LogP contribution in [0.25, 0.3) is 0 Å². The largest absolute Gasteiger partial charge is 0.374 e. The monoisotopic (exact) mass is 421 g/mol. The number of ether oxygens (including phenoxy) is 1. The molecule has 1 saturated heterocycles. The average Bonchev–Trinajstić information content (AvgIpc) is 2.79. The minimum absolute atomic E-state index is 0.162. The number of hydrogen-bond acceptors (Lipinski definition) is 4. The van der Waals surface area contributed by atoms with E-state index < -0.39 is 0 Å². The molecule has 0 amide bonds. The summed E-state index contributed by atoms with van der Waals surface area (Å²) >= 11 is 3.74. The molecule has 2 atom stereocenters. The van der Waals surface area contributed by atoms with Gasteiger partial charge in [0.2, 0.25) is 0 Å². The Labute approximate surface area is 182 Å². The first-order valence-electron chi connectivity index (χ1n) is 10.1. The highest BCUT2D eigenvalue weighted by atomic mass is 32.2. The highest BCUT2D eigenvalue weighted by molar-refractivity contribution is 8.02. The fourth-order valence-electron chi connectivity index (χ4n) is 3.75. The molecule has 1 fully saturated rings. The van der Waals surface area contributed by atoms with Gasteiger partial charge in [-0.15, -0.1) is 23.5 Å². The molecule has 4 heteroatoms. The normalized spacial score (nSPS) is 18.4. The summed E-state index contributed by atoms with van der Waals surface area (Å²) in [4.78, 5) is 5.19. The van der Waals surface area contributed by atoms with E-state index in [-0.39, 0.29) is 11.4 Å². The predicted octanol–water partition coefficient (Wildman–Crippen LogP) is 6.14. The van der Waals surface area contributed by atoms with E-state index in [1.807, 2.05) is 23.5 Å². The Morgan fingerprint density at radius 3 is 2.28 bits per heavy atom. The van der Waals surface area contributed by atoms with E-state index in [0.717, 1.165) is 26.2 Å². The fraction of sp³-hybridized carbons (Fsp3) is 0.280. The number of morpholine rings is 1. The first-order chi connectivity index (χ1) is 14.3.